The van der Waals surface area contributed by atoms with E-state index >= 15 is 0 Å². The molecule has 1 fully saturated rings. The lowest BCUT2D eigenvalue weighted by Gasteiger charge is -1.97. The summed E-state index contributed by atoms with van der Waals surface area (Å²) < 4.78 is 0. The zero-order chi connectivity index (χ0) is 8.06. The molecule has 2 atom stereocenters. The maximum atomic E-state index is 5.89. The van der Waals surface area contributed by atoms with Gasteiger partial charge < -0.3 is 5.73 Å². The number of nitrogens with zero attached hydrogens (tertiary/aromatic N) is 1. The van der Waals surface area contributed by atoms with Crippen molar-refractivity contribution in [1.29, 1.82) is 0 Å². The molecule has 1 aromatic heterocycles. The van der Waals surface area contributed by atoms with E-state index in [1.807, 2.05) is 12.4 Å². The molecule has 0 radical (unpaired) electrons. The largest absolute Gasteiger partial charge is 0.327 e. The molecule has 0 aromatic carbocycles. The van der Waals surface area contributed by atoms with E-state index in [9.17, 15) is 0 Å². The smallest absolute Gasteiger partial charge is 0.0522 e. The molecule has 1 aliphatic carbocycles. The molecular formula is C8H13N3. The minimum absolute atomic E-state index is 0.268. The summed E-state index contributed by atoms with van der Waals surface area (Å²) in [6.45, 7) is 4.38. The molecule has 0 amide bonds. The summed E-state index contributed by atoms with van der Waals surface area (Å²) in [7, 11) is 0. The summed E-state index contributed by atoms with van der Waals surface area (Å²) in [5.41, 5.74) is 7.40. The lowest BCUT2D eigenvalue weighted by Crippen LogP contribution is -2.06. The average Bonchev–Trinajstić information content (AvgIpc) is 2.40. The van der Waals surface area contributed by atoms with Gasteiger partial charge in [-0.05, 0) is 11.0 Å². The number of nitrogens with two attached hydrogens (primary N) is 1. The summed E-state index contributed by atoms with van der Waals surface area (Å²) in [6, 6.07) is 0.306. The van der Waals surface area contributed by atoms with Gasteiger partial charge in [0, 0.05) is 18.2 Å². The lowest BCUT2D eigenvalue weighted by molar-refractivity contribution is 0.599. The van der Waals surface area contributed by atoms with Crippen molar-refractivity contribution in [2.45, 2.75) is 25.8 Å². The molecule has 3 nitrogen and oxygen atoms in total. The average molecular weight is 151 g/mol. The van der Waals surface area contributed by atoms with Gasteiger partial charge in [0.2, 0.25) is 0 Å². The van der Waals surface area contributed by atoms with Gasteiger partial charge in [0.05, 0.1) is 6.20 Å². The van der Waals surface area contributed by atoms with E-state index in [1.165, 1.54) is 5.56 Å². The fourth-order valence-electron chi connectivity index (χ4n) is 1.75. The second-order valence-corrected chi connectivity index (χ2v) is 3.86. The Morgan fingerprint density at radius 2 is 2.27 bits per heavy atom. The highest BCUT2D eigenvalue weighted by atomic mass is 15.1. The van der Waals surface area contributed by atoms with Gasteiger partial charge in [-0.2, -0.15) is 5.10 Å². The number of aromatic nitrogens is 2. The Balaban J connectivity index is 2.23. The number of H-pyrrole nitrogens is 1. The van der Waals surface area contributed by atoms with Gasteiger partial charge in [-0.25, -0.2) is 0 Å². The van der Waals surface area contributed by atoms with Gasteiger partial charge in [-0.15, -0.1) is 0 Å². The fraction of sp³-hybridized carbons (Fsp3) is 0.625. The van der Waals surface area contributed by atoms with Crippen molar-refractivity contribution in [3.05, 3.63) is 18.0 Å². The Kier molecular flexibility index (Phi) is 1.16. The molecule has 1 heterocycles. The molecule has 11 heavy (non-hydrogen) atoms. The summed E-state index contributed by atoms with van der Waals surface area (Å²) in [4.78, 5) is 0. The molecule has 0 unspecified atom stereocenters. The third-order valence-corrected chi connectivity index (χ3v) is 2.79. The summed E-state index contributed by atoms with van der Waals surface area (Å²) in [5, 5.41) is 6.71. The van der Waals surface area contributed by atoms with E-state index in [1.54, 1.807) is 0 Å². The molecule has 1 aliphatic rings. The van der Waals surface area contributed by atoms with Gasteiger partial charge >= 0.3 is 0 Å². The highest BCUT2D eigenvalue weighted by molar-refractivity contribution is 5.30. The van der Waals surface area contributed by atoms with Crippen LogP contribution in [0.3, 0.4) is 0 Å². The Bertz CT molecular complexity index is 250. The van der Waals surface area contributed by atoms with Crippen molar-refractivity contribution >= 4 is 0 Å². The van der Waals surface area contributed by atoms with Crippen molar-refractivity contribution in [3.63, 3.8) is 0 Å². The van der Waals surface area contributed by atoms with Crippen LogP contribution in [-0.2, 0) is 0 Å². The molecule has 60 valence electrons. The van der Waals surface area contributed by atoms with E-state index in [4.69, 9.17) is 5.73 Å². The van der Waals surface area contributed by atoms with Crippen LogP contribution < -0.4 is 5.73 Å². The topological polar surface area (TPSA) is 54.7 Å². The van der Waals surface area contributed by atoms with Gasteiger partial charge in [-0.3, -0.25) is 5.10 Å². The first kappa shape index (κ1) is 6.85. The number of hydrogen-bond donors (Lipinski definition) is 2. The Hall–Kier alpha value is -0.830. The molecule has 2 rings (SSSR count). The van der Waals surface area contributed by atoms with Crippen LogP contribution in [-0.4, -0.2) is 16.2 Å². The predicted octanol–water partition coefficient (Wildman–Crippen LogP) is 0.860. The van der Waals surface area contributed by atoms with Crippen molar-refractivity contribution in [3.8, 4) is 0 Å². The molecule has 3 N–H and O–H groups in total. The summed E-state index contributed by atoms with van der Waals surface area (Å²) >= 11 is 0. The van der Waals surface area contributed by atoms with Crippen LogP contribution in [0.25, 0.3) is 0 Å². The number of hydrogen-bond acceptors (Lipinski definition) is 2. The van der Waals surface area contributed by atoms with Gasteiger partial charge in [0.15, 0.2) is 0 Å². The van der Waals surface area contributed by atoms with Crippen LogP contribution >= 0.6 is 0 Å². The van der Waals surface area contributed by atoms with Gasteiger partial charge in [-0.1, -0.05) is 13.8 Å². The maximum Gasteiger partial charge on any atom is 0.0522 e. The van der Waals surface area contributed by atoms with E-state index in [2.05, 4.69) is 24.0 Å². The van der Waals surface area contributed by atoms with Crippen molar-refractivity contribution in [1.82, 2.24) is 10.2 Å². The second kappa shape index (κ2) is 1.85. The fourth-order valence-corrected chi connectivity index (χ4v) is 1.75. The maximum absolute atomic E-state index is 5.89. The molecule has 1 aromatic rings. The number of nitrogens with one attached hydrogen (secondary N) is 1. The van der Waals surface area contributed by atoms with E-state index in [0.717, 1.165) is 0 Å². The first-order valence-corrected chi connectivity index (χ1v) is 3.88. The zero-order valence-electron chi connectivity index (χ0n) is 6.83. The quantitative estimate of drug-likeness (QED) is 0.625. The third kappa shape index (κ3) is 0.807. The molecular weight excluding hydrogens is 138 g/mol. The molecule has 3 heteroatoms. The van der Waals surface area contributed by atoms with Crippen LogP contribution in [0.15, 0.2) is 12.4 Å². The van der Waals surface area contributed by atoms with Crippen molar-refractivity contribution < 1.29 is 0 Å². The first-order valence-electron chi connectivity index (χ1n) is 3.88. The van der Waals surface area contributed by atoms with Crippen LogP contribution in [0.5, 0.6) is 0 Å². The summed E-state index contributed by atoms with van der Waals surface area (Å²) in [6.07, 6.45) is 3.79. The van der Waals surface area contributed by atoms with Gasteiger partial charge in [0.1, 0.15) is 0 Å². The Morgan fingerprint density at radius 3 is 2.64 bits per heavy atom. The normalized spacial score (nSPS) is 33.7. The molecule has 0 spiro atoms. The van der Waals surface area contributed by atoms with Crippen LogP contribution in [0.4, 0.5) is 0 Å². The number of rotatable bonds is 1. The van der Waals surface area contributed by atoms with E-state index < -0.39 is 0 Å². The van der Waals surface area contributed by atoms with Crippen LogP contribution in [0, 0.1) is 5.41 Å². The Labute approximate surface area is 66.0 Å². The van der Waals surface area contributed by atoms with Crippen molar-refractivity contribution in [2.75, 3.05) is 0 Å². The summed E-state index contributed by atoms with van der Waals surface area (Å²) in [5.74, 6) is 0.501. The monoisotopic (exact) mass is 151 g/mol. The molecule has 0 saturated heterocycles. The first-order chi connectivity index (χ1) is 5.14. The van der Waals surface area contributed by atoms with Crippen molar-refractivity contribution in [2.24, 2.45) is 11.1 Å². The predicted molar refractivity (Wildman–Crippen MR) is 43.1 cm³/mol. The molecule has 0 aliphatic heterocycles. The number of aromatic amines is 1. The SMILES string of the molecule is CC1(C)[C@H](N)[C@H]1c1cn[nH]c1. The van der Waals surface area contributed by atoms with E-state index in [-0.39, 0.29) is 5.41 Å². The minimum atomic E-state index is 0.268. The second-order valence-electron chi connectivity index (χ2n) is 3.86. The highest BCUT2D eigenvalue weighted by Crippen LogP contribution is 2.56. The zero-order valence-corrected chi connectivity index (χ0v) is 6.83. The van der Waals surface area contributed by atoms with Gasteiger partial charge in [0.25, 0.3) is 0 Å². The van der Waals surface area contributed by atoms with Crippen LogP contribution in [0.1, 0.15) is 25.3 Å². The third-order valence-electron chi connectivity index (χ3n) is 2.79. The highest BCUT2D eigenvalue weighted by Gasteiger charge is 2.56. The lowest BCUT2D eigenvalue weighted by atomic mass is 10.1. The van der Waals surface area contributed by atoms with E-state index in [0.29, 0.717) is 12.0 Å². The van der Waals surface area contributed by atoms with Crippen LogP contribution in [0.2, 0.25) is 0 Å². The molecule has 1 saturated carbocycles. The minimum Gasteiger partial charge on any atom is -0.327 e. The molecule has 0 bridgehead atoms. The Morgan fingerprint density at radius 1 is 1.64 bits per heavy atom. The standard InChI is InChI=1S/C8H13N3/c1-8(2)6(7(8)9)5-3-10-11-4-5/h3-4,6-7H,9H2,1-2H3,(H,10,11)/t6-,7-/m1/s1.